The lowest BCUT2D eigenvalue weighted by Gasteiger charge is -2.43. The predicted molar refractivity (Wildman–Crippen MR) is 163 cm³/mol. The van der Waals surface area contributed by atoms with Gasteiger partial charge >= 0.3 is 6.03 Å². The first-order chi connectivity index (χ1) is 20.2. The fourth-order valence-electron chi connectivity index (χ4n) is 4.95. The fraction of sp³-hybridized carbons (Fsp3) is 0.300. The van der Waals surface area contributed by atoms with E-state index in [2.05, 4.69) is 25.6 Å². The Bertz CT molecular complexity index is 1560. The second kappa shape index (κ2) is 12.9. The molecule has 1 aromatic carbocycles. The lowest BCUT2D eigenvalue weighted by Crippen LogP contribution is -2.52. The molecule has 0 spiro atoms. The summed E-state index contributed by atoms with van der Waals surface area (Å²) < 4.78 is 16.3. The monoisotopic (exact) mass is 605 g/mol. The first-order valence-electron chi connectivity index (χ1n) is 13.5. The van der Waals surface area contributed by atoms with Crippen LogP contribution in [0.3, 0.4) is 0 Å². The van der Waals surface area contributed by atoms with Gasteiger partial charge in [0.15, 0.2) is 16.6 Å². The Kier molecular flexibility index (Phi) is 9.03. The molecular weight excluding hydrogens is 574 g/mol. The summed E-state index contributed by atoms with van der Waals surface area (Å²) in [6, 6.07) is 15.3. The molecule has 3 aromatic heterocycles. The van der Waals surface area contributed by atoms with Crippen LogP contribution in [-0.2, 0) is 5.41 Å². The average molecular weight is 606 g/mol. The molecule has 0 saturated carbocycles. The third-order valence-electron chi connectivity index (χ3n) is 7.26. The van der Waals surface area contributed by atoms with Gasteiger partial charge in [-0.15, -0.1) is 0 Å². The van der Waals surface area contributed by atoms with E-state index in [1.807, 2.05) is 54.3 Å². The van der Waals surface area contributed by atoms with Crippen LogP contribution in [0.5, 0.6) is 0 Å². The molecule has 218 valence electrons. The van der Waals surface area contributed by atoms with Crippen molar-refractivity contribution in [2.24, 2.45) is 0 Å². The highest BCUT2D eigenvalue weighted by molar-refractivity contribution is 8.01. The molecule has 3 amide bonds. The first kappa shape index (κ1) is 29.5. The van der Waals surface area contributed by atoms with Gasteiger partial charge in [-0.05, 0) is 49.1 Å². The number of hydrogen-bond donors (Lipinski definition) is 2. The fourth-order valence-corrected chi connectivity index (χ4v) is 6.82. The molecule has 2 N–H and O–H groups in total. The van der Waals surface area contributed by atoms with Crippen molar-refractivity contribution in [1.29, 1.82) is 0 Å². The van der Waals surface area contributed by atoms with E-state index in [0.717, 1.165) is 15.3 Å². The molecule has 1 aliphatic rings. The number of pyridine rings is 2. The average Bonchev–Trinajstić information content (AvgIpc) is 3.43. The molecule has 4 heterocycles. The number of benzene rings is 1. The van der Waals surface area contributed by atoms with E-state index in [4.69, 9.17) is 0 Å². The van der Waals surface area contributed by atoms with Crippen molar-refractivity contribution in [2.45, 2.75) is 34.3 Å². The number of anilines is 2. The quantitative estimate of drug-likeness (QED) is 0.265. The molecule has 5 rings (SSSR count). The number of halogens is 1. The summed E-state index contributed by atoms with van der Waals surface area (Å²) in [4.78, 5) is 42.2. The zero-order valence-corrected chi connectivity index (χ0v) is 25.3. The number of piperidine rings is 1. The highest BCUT2D eigenvalue weighted by Crippen LogP contribution is 2.37. The number of urea groups is 1. The molecule has 4 aromatic rings. The molecule has 0 radical (unpaired) electrons. The van der Waals surface area contributed by atoms with Gasteiger partial charge < -0.3 is 20.4 Å². The zero-order chi connectivity index (χ0) is 29.7. The minimum absolute atomic E-state index is 0.0306. The number of thiazole rings is 1. The Morgan fingerprint density at radius 2 is 1.81 bits per heavy atom. The largest absolute Gasteiger partial charge is 0.350 e. The Morgan fingerprint density at radius 3 is 2.52 bits per heavy atom. The molecule has 12 heteroatoms. The normalized spacial score (nSPS) is 14.3. The number of likely N-dealkylation sites (tertiary alicyclic amines) is 1. The highest BCUT2D eigenvalue weighted by Gasteiger charge is 2.38. The SMILES string of the molecule is Cc1ccnc(Nc2ncc(Sc3ccnc(C(=O)NCC4(c5ccccc5)CCN(C(=O)N(C)C)CC4)c3F)s2)c1. The summed E-state index contributed by atoms with van der Waals surface area (Å²) in [5.41, 5.74) is 1.51. The van der Waals surface area contributed by atoms with E-state index in [1.54, 1.807) is 37.5 Å². The van der Waals surface area contributed by atoms with Crippen LogP contribution in [0, 0.1) is 12.7 Å². The van der Waals surface area contributed by atoms with Gasteiger partial charge in [0, 0.05) is 51.5 Å². The van der Waals surface area contributed by atoms with Gasteiger partial charge in [0.1, 0.15) is 5.82 Å². The van der Waals surface area contributed by atoms with Crippen molar-refractivity contribution in [2.75, 3.05) is 39.0 Å². The topological polar surface area (TPSA) is 103 Å². The molecule has 42 heavy (non-hydrogen) atoms. The summed E-state index contributed by atoms with van der Waals surface area (Å²) in [5.74, 6) is -0.573. The predicted octanol–water partition coefficient (Wildman–Crippen LogP) is 5.72. The van der Waals surface area contributed by atoms with Crippen LogP contribution >= 0.6 is 23.1 Å². The number of rotatable bonds is 8. The van der Waals surface area contributed by atoms with Crippen molar-refractivity contribution >= 4 is 46.0 Å². The summed E-state index contributed by atoms with van der Waals surface area (Å²) in [6.07, 6.45) is 6.15. The number of nitrogens with zero attached hydrogens (tertiary/aromatic N) is 5. The number of amides is 3. The minimum atomic E-state index is -0.677. The van der Waals surface area contributed by atoms with Crippen LogP contribution in [0.2, 0.25) is 0 Å². The lowest BCUT2D eigenvalue weighted by atomic mass is 9.72. The van der Waals surface area contributed by atoms with Crippen molar-refractivity contribution < 1.29 is 14.0 Å². The third-order valence-corrected chi connectivity index (χ3v) is 9.31. The molecule has 1 aliphatic heterocycles. The van der Waals surface area contributed by atoms with E-state index in [1.165, 1.54) is 29.3 Å². The van der Waals surface area contributed by atoms with E-state index in [-0.39, 0.29) is 22.0 Å². The highest BCUT2D eigenvalue weighted by atomic mass is 32.2. The maximum atomic E-state index is 15.6. The number of aryl methyl sites for hydroxylation is 1. The van der Waals surface area contributed by atoms with Gasteiger partial charge in [-0.3, -0.25) is 4.79 Å². The molecular formula is C30H32FN7O2S2. The Labute approximate surface area is 252 Å². The molecule has 0 aliphatic carbocycles. The van der Waals surface area contributed by atoms with Gasteiger partial charge in [0.2, 0.25) is 0 Å². The maximum absolute atomic E-state index is 15.6. The van der Waals surface area contributed by atoms with Crippen LogP contribution < -0.4 is 10.6 Å². The van der Waals surface area contributed by atoms with E-state index in [9.17, 15) is 9.59 Å². The van der Waals surface area contributed by atoms with Crippen molar-refractivity contribution in [3.05, 3.63) is 89.8 Å². The van der Waals surface area contributed by atoms with Crippen LogP contribution in [0.1, 0.15) is 34.5 Å². The number of aromatic nitrogens is 3. The van der Waals surface area contributed by atoms with E-state index >= 15 is 4.39 Å². The molecule has 0 bridgehead atoms. The standard InChI is InChI=1S/C30H32FN7O2S2/c1-20-9-13-32-23(17-20)36-28-34-18-24(42-28)41-22-10-14-33-26(25(22)31)27(39)35-19-30(21-7-5-4-6-8-21)11-15-38(16-12-30)29(40)37(2)3/h4-10,13-14,17-18H,11-12,15-16,19H2,1-3H3,(H,35,39)(H,32,34,36). The van der Waals surface area contributed by atoms with Crippen LogP contribution in [0.25, 0.3) is 0 Å². The van der Waals surface area contributed by atoms with E-state index < -0.39 is 11.7 Å². The molecule has 9 nitrogen and oxygen atoms in total. The second-order valence-electron chi connectivity index (χ2n) is 10.4. The molecule has 1 fully saturated rings. The number of hydrogen-bond acceptors (Lipinski definition) is 8. The smallest absolute Gasteiger partial charge is 0.319 e. The summed E-state index contributed by atoms with van der Waals surface area (Å²) in [5, 5.41) is 6.75. The van der Waals surface area contributed by atoms with Crippen molar-refractivity contribution in [3.8, 4) is 0 Å². The van der Waals surface area contributed by atoms with Gasteiger partial charge in [-0.1, -0.05) is 53.4 Å². The molecule has 0 unspecified atom stereocenters. The zero-order valence-electron chi connectivity index (χ0n) is 23.6. The van der Waals surface area contributed by atoms with Crippen LogP contribution in [-0.4, -0.2) is 70.4 Å². The summed E-state index contributed by atoms with van der Waals surface area (Å²) in [7, 11) is 3.48. The van der Waals surface area contributed by atoms with Crippen molar-refractivity contribution in [3.63, 3.8) is 0 Å². The maximum Gasteiger partial charge on any atom is 0.319 e. The Hall–Kier alpha value is -4.03. The lowest BCUT2D eigenvalue weighted by molar-refractivity contribution is 0.0911. The van der Waals surface area contributed by atoms with Gasteiger partial charge in [-0.2, -0.15) is 0 Å². The number of carbonyl (C=O) groups is 2. The summed E-state index contributed by atoms with van der Waals surface area (Å²) >= 11 is 2.55. The van der Waals surface area contributed by atoms with Gasteiger partial charge in [0.05, 0.1) is 15.3 Å². The van der Waals surface area contributed by atoms with E-state index in [0.29, 0.717) is 43.4 Å². The first-order valence-corrected chi connectivity index (χ1v) is 15.2. The number of carbonyl (C=O) groups excluding carboxylic acids is 2. The van der Waals surface area contributed by atoms with Crippen LogP contribution in [0.4, 0.5) is 20.1 Å². The minimum Gasteiger partial charge on any atom is -0.350 e. The molecule has 1 saturated heterocycles. The molecule has 0 atom stereocenters. The second-order valence-corrected chi connectivity index (χ2v) is 12.8. The number of nitrogens with one attached hydrogen (secondary N) is 2. The van der Waals surface area contributed by atoms with Gasteiger partial charge in [-0.25, -0.2) is 24.1 Å². The van der Waals surface area contributed by atoms with Crippen molar-refractivity contribution in [1.82, 2.24) is 30.1 Å². The van der Waals surface area contributed by atoms with Gasteiger partial charge in [0.25, 0.3) is 5.91 Å². The van der Waals surface area contributed by atoms with Crippen LogP contribution in [0.15, 0.2) is 76.2 Å². The third kappa shape index (κ3) is 6.71. The Morgan fingerprint density at radius 1 is 1.07 bits per heavy atom. The summed E-state index contributed by atoms with van der Waals surface area (Å²) in [6.45, 7) is 3.40. The Balaban J connectivity index is 1.27.